The van der Waals surface area contributed by atoms with Crippen LogP contribution in [0.5, 0.6) is 17.2 Å². The lowest BCUT2D eigenvalue weighted by Gasteiger charge is -2.24. The molecule has 0 fully saturated rings. The molecule has 4 aromatic carbocycles. The first-order valence-electron chi connectivity index (χ1n) is 11.1. The number of fused-ring (bicyclic) bond motifs is 1. The Morgan fingerprint density at radius 2 is 1.59 bits per heavy atom. The molecule has 0 aliphatic heterocycles. The number of nitrogens with one attached hydrogen (secondary N) is 1. The Morgan fingerprint density at radius 3 is 2.32 bits per heavy atom. The standard InChI is InChI=1S/C28H28N2O4/c1-4-34-23-15-13-22(14-16-23)30(19-20-12-17-26(32-2)27(18-20)33-3)28(31)29-25-11-7-9-21-8-5-6-10-24(21)25/h5-18H,4,19H2,1-3H3,(H,29,31). The van der Waals surface area contributed by atoms with E-state index in [2.05, 4.69) is 5.32 Å². The maximum absolute atomic E-state index is 13.6. The lowest BCUT2D eigenvalue weighted by molar-refractivity contribution is 0.256. The summed E-state index contributed by atoms with van der Waals surface area (Å²) in [4.78, 5) is 15.3. The number of rotatable bonds is 8. The fourth-order valence-corrected chi connectivity index (χ4v) is 3.85. The maximum Gasteiger partial charge on any atom is 0.326 e. The summed E-state index contributed by atoms with van der Waals surface area (Å²) in [5, 5.41) is 5.14. The number of hydrogen-bond donors (Lipinski definition) is 1. The van der Waals surface area contributed by atoms with Gasteiger partial charge in [-0.25, -0.2) is 4.79 Å². The van der Waals surface area contributed by atoms with E-state index in [1.54, 1.807) is 19.1 Å². The van der Waals surface area contributed by atoms with Crippen molar-refractivity contribution in [2.45, 2.75) is 13.5 Å². The highest BCUT2D eigenvalue weighted by Crippen LogP contribution is 2.30. The van der Waals surface area contributed by atoms with Gasteiger partial charge >= 0.3 is 6.03 Å². The van der Waals surface area contributed by atoms with E-state index in [0.29, 0.717) is 24.7 Å². The van der Waals surface area contributed by atoms with Crippen LogP contribution in [-0.2, 0) is 6.54 Å². The number of amides is 2. The second-order valence-corrected chi connectivity index (χ2v) is 7.66. The Balaban J connectivity index is 1.67. The van der Waals surface area contributed by atoms with Crippen LogP contribution in [0, 0.1) is 0 Å². The van der Waals surface area contributed by atoms with E-state index in [4.69, 9.17) is 14.2 Å². The normalized spacial score (nSPS) is 10.6. The Bertz CT molecular complexity index is 1270. The summed E-state index contributed by atoms with van der Waals surface area (Å²) in [6.07, 6.45) is 0. The molecule has 0 aromatic heterocycles. The number of urea groups is 1. The van der Waals surface area contributed by atoms with Crippen molar-refractivity contribution in [3.63, 3.8) is 0 Å². The highest BCUT2D eigenvalue weighted by atomic mass is 16.5. The molecule has 6 nitrogen and oxygen atoms in total. The number of ether oxygens (including phenoxy) is 3. The molecule has 0 aliphatic carbocycles. The van der Waals surface area contributed by atoms with Gasteiger partial charge in [-0.2, -0.15) is 0 Å². The topological polar surface area (TPSA) is 60.0 Å². The summed E-state index contributed by atoms with van der Waals surface area (Å²) in [5.41, 5.74) is 2.40. The largest absolute Gasteiger partial charge is 0.494 e. The Labute approximate surface area is 199 Å². The molecule has 4 aromatic rings. The molecular weight excluding hydrogens is 428 g/mol. The van der Waals surface area contributed by atoms with Gasteiger partial charge in [-0.05, 0) is 60.3 Å². The molecule has 34 heavy (non-hydrogen) atoms. The van der Waals surface area contributed by atoms with Crippen molar-refractivity contribution in [2.75, 3.05) is 31.0 Å². The van der Waals surface area contributed by atoms with Crippen LogP contribution in [0.3, 0.4) is 0 Å². The highest BCUT2D eigenvalue weighted by Gasteiger charge is 2.19. The fourth-order valence-electron chi connectivity index (χ4n) is 3.85. The third kappa shape index (κ3) is 5.07. The van der Waals surface area contributed by atoms with E-state index in [0.717, 1.165) is 33.5 Å². The number of methoxy groups -OCH3 is 2. The van der Waals surface area contributed by atoms with Crippen molar-refractivity contribution >= 4 is 28.2 Å². The minimum atomic E-state index is -0.240. The lowest BCUT2D eigenvalue weighted by atomic mass is 10.1. The quantitative estimate of drug-likeness (QED) is 0.329. The van der Waals surface area contributed by atoms with E-state index in [1.165, 1.54) is 0 Å². The van der Waals surface area contributed by atoms with Crippen LogP contribution in [0.1, 0.15) is 12.5 Å². The molecule has 0 saturated heterocycles. The summed E-state index contributed by atoms with van der Waals surface area (Å²) in [6, 6.07) is 26.8. The summed E-state index contributed by atoms with van der Waals surface area (Å²) in [7, 11) is 3.19. The van der Waals surface area contributed by atoms with Crippen molar-refractivity contribution in [2.24, 2.45) is 0 Å². The smallest absolute Gasteiger partial charge is 0.326 e. The number of nitrogens with zero attached hydrogens (tertiary/aromatic N) is 1. The number of hydrogen-bond acceptors (Lipinski definition) is 4. The molecule has 6 heteroatoms. The van der Waals surface area contributed by atoms with Crippen LogP contribution in [-0.4, -0.2) is 26.9 Å². The lowest BCUT2D eigenvalue weighted by Crippen LogP contribution is -2.34. The van der Waals surface area contributed by atoms with Gasteiger partial charge in [0.05, 0.1) is 33.1 Å². The first kappa shape index (κ1) is 23.0. The van der Waals surface area contributed by atoms with Crippen LogP contribution < -0.4 is 24.4 Å². The number of carbonyl (C=O) groups is 1. The summed E-state index contributed by atoms with van der Waals surface area (Å²) >= 11 is 0. The van der Waals surface area contributed by atoms with Crippen molar-refractivity contribution in [1.82, 2.24) is 0 Å². The first-order valence-corrected chi connectivity index (χ1v) is 11.1. The van der Waals surface area contributed by atoms with Crippen molar-refractivity contribution in [1.29, 1.82) is 0 Å². The predicted octanol–water partition coefficient (Wildman–Crippen LogP) is 6.49. The second-order valence-electron chi connectivity index (χ2n) is 7.66. The van der Waals surface area contributed by atoms with Gasteiger partial charge in [0.1, 0.15) is 5.75 Å². The zero-order valence-corrected chi connectivity index (χ0v) is 19.6. The van der Waals surface area contributed by atoms with Gasteiger partial charge in [-0.15, -0.1) is 0 Å². The molecule has 2 amide bonds. The minimum absolute atomic E-state index is 0.240. The van der Waals surface area contributed by atoms with Crippen LogP contribution in [0.25, 0.3) is 10.8 Å². The van der Waals surface area contributed by atoms with Crippen molar-refractivity contribution < 1.29 is 19.0 Å². The molecule has 0 atom stereocenters. The molecule has 4 rings (SSSR count). The SMILES string of the molecule is CCOc1ccc(N(Cc2ccc(OC)c(OC)c2)C(=O)Nc2cccc3ccccc23)cc1. The van der Waals surface area contributed by atoms with Gasteiger partial charge in [-0.1, -0.05) is 42.5 Å². The molecule has 0 spiro atoms. The zero-order chi connectivity index (χ0) is 23.9. The van der Waals surface area contributed by atoms with E-state index in [9.17, 15) is 4.79 Å². The van der Waals surface area contributed by atoms with Crippen LogP contribution in [0.4, 0.5) is 16.2 Å². The Hall–Kier alpha value is -4.19. The summed E-state index contributed by atoms with van der Waals surface area (Å²) in [5.74, 6) is 2.01. The molecule has 1 N–H and O–H groups in total. The zero-order valence-electron chi connectivity index (χ0n) is 19.6. The fraction of sp³-hybridized carbons (Fsp3) is 0.179. The average Bonchev–Trinajstić information content (AvgIpc) is 2.88. The van der Waals surface area contributed by atoms with Gasteiger partial charge in [-0.3, -0.25) is 4.90 Å². The third-order valence-corrected chi connectivity index (χ3v) is 5.52. The van der Waals surface area contributed by atoms with E-state index in [-0.39, 0.29) is 6.03 Å². The van der Waals surface area contributed by atoms with Gasteiger partial charge < -0.3 is 19.5 Å². The third-order valence-electron chi connectivity index (χ3n) is 5.52. The van der Waals surface area contributed by atoms with Gasteiger partial charge in [0.15, 0.2) is 11.5 Å². The van der Waals surface area contributed by atoms with Crippen molar-refractivity contribution in [3.8, 4) is 17.2 Å². The molecule has 174 valence electrons. The van der Waals surface area contributed by atoms with Crippen LogP contribution in [0.2, 0.25) is 0 Å². The van der Waals surface area contributed by atoms with E-state index >= 15 is 0 Å². The minimum Gasteiger partial charge on any atom is -0.494 e. The molecule has 0 bridgehead atoms. The highest BCUT2D eigenvalue weighted by molar-refractivity contribution is 6.07. The molecule has 0 radical (unpaired) electrons. The van der Waals surface area contributed by atoms with Gasteiger partial charge in [0.2, 0.25) is 0 Å². The van der Waals surface area contributed by atoms with Crippen molar-refractivity contribution in [3.05, 3.63) is 90.5 Å². The number of anilines is 2. The number of benzene rings is 4. The maximum atomic E-state index is 13.6. The van der Waals surface area contributed by atoms with Gasteiger partial charge in [0.25, 0.3) is 0 Å². The molecule has 0 heterocycles. The monoisotopic (exact) mass is 456 g/mol. The first-order chi connectivity index (χ1) is 16.6. The van der Waals surface area contributed by atoms with E-state index < -0.39 is 0 Å². The Morgan fingerprint density at radius 1 is 0.853 bits per heavy atom. The Kier molecular flexibility index (Phi) is 7.18. The summed E-state index contributed by atoms with van der Waals surface area (Å²) < 4.78 is 16.4. The average molecular weight is 457 g/mol. The van der Waals surface area contributed by atoms with E-state index in [1.807, 2.05) is 91.9 Å². The van der Waals surface area contributed by atoms with Crippen LogP contribution >= 0.6 is 0 Å². The molecule has 0 saturated carbocycles. The van der Waals surface area contributed by atoms with Gasteiger partial charge in [0, 0.05) is 11.1 Å². The molecular formula is C28H28N2O4. The van der Waals surface area contributed by atoms with Crippen LogP contribution in [0.15, 0.2) is 84.9 Å². The number of carbonyl (C=O) groups excluding carboxylic acids is 1. The second kappa shape index (κ2) is 10.6. The molecule has 0 unspecified atom stereocenters. The summed E-state index contributed by atoms with van der Waals surface area (Å²) in [6.45, 7) is 2.86. The molecule has 0 aliphatic rings. The predicted molar refractivity (Wildman–Crippen MR) is 136 cm³/mol.